The minimum atomic E-state index is -0.268. The van der Waals surface area contributed by atoms with Gasteiger partial charge in [-0.25, -0.2) is 0 Å². The quantitative estimate of drug-likeness (QED) is 0.644. The Morgan fingerprint density at radius 1 is 1.08 bits per heavy atom. The third-order valence-electron chi connectivity index (χ3n) is 3.50. The zero-order valence-corrected chi connectivity index (χ0v) is 14.5. The van der Waals surface area contributed by atoms with Crippen LogP contribution in [0.3, 0.4) is 0 Å². The summed E-state index contributed by atoms with van der Waals surface area (Å²) in [6, 6.07) is 12.3. The van der Waals surface area contributed by atoms with Crippen molar-refractivity contribution < 1.29 is 4.79 Å². The molecular weight excluding hydrogens is 369 g/mol. The van der Waals surface area contributed by atoms with Gasteiger partial charge in [0.15, 0.2) is 0 Å². The van der Waals surface area contributed by atoms with E-state index in [0.29, 0.717) is 26.3 Å². The first-order valence-electron chi connectivity index (χ1n) is 6.91. The molecule has 1 heterocycles. The second-order valence-corrected chi connectivity index (χ2v) is 6.34. The maximum Gasteiger partial charge on any atom is 0.244 e. The smallest absolute Gasteiger partial charge is 0.244 e. The summed E-state index contributed by atoms with van der Waals surface area (Å²) in [4.78, 5) is 12.3. The van der Waals surface area contributed by atoms with Crippen molar-refractivity contribution in [3.05, 3.63) is 63.2 Å². The van der Waals surface area contributed by atoms with E-state index in [1.807, 2.05) is 12.1 Å². The Hall–Kier alpha value is -2.19. The molecule has 0 spiro atoms. The highest BCUT2D eigenvalue weighted by Gasteiger charge is 2.11. The summed E-state index contributed by atoms with van der Waals surface area (Å²) >= 11 is 17.9. The fourth-order valence-electron chi connectivity index (χ4n) is 2.35. The van der Waals surface area contributed by atoms with Gasteiger partial charge in [0, 0.05) is 11.7 Å². The zero-order valence-electron chi connectivity index (χ0n) is 12.2. The molecule has 0 saturated carbocycles. The van der Waals surface area contributed by atoms with E-state index in [2.05, 4.69) is 11.4 Å². The molecule has 0 unspecified atom stereocenters. The lowest BCUT2D eigenvalue weighted by Crippen LogP contribution is -2.18. The highest BCUT2D eigenvalue weighted by Crippen LogP contribution is 2.32. The number of carbonyl (C=O) groups is 1. The molecule has 0 aliphatic carbocycles. The normalized spacial score (nSPS) is 10.6. The standard InChI is InChI=1S/C17H10Cl3N3O/c18-12-6-14(20)15(7-13(12)19)22-17(24)9-23-4-3-11-2-1-10(8-21)5-16(11)23/h1-7H,9H2,(H,22,24). The molecule has 0 fully saturated rings. The molecule has 1 aromatic heterocycles. The number of hydrogen-bond donors (Lipinski definition) is 1. The molecule has 0 radical (unpaired) electrons. The average molecular weight is 379 g/mol. The Labute approximate surface area is 153 Å². The molecule has 120 valence electrons. The van der Waals surface area contributed by atoms with Crippen LogP contribution in [0, 0.1) is 11.3 Å². The summed E-state index contributed by atoms with van der Waals surface area (Å²) in [6.45, 7) is 0.0783. The minimum Gasteiger partial charge on any atom is -0.338 e. The van der Waals surface area contributed by atoms with E-state index in [0.717, 1.165) is 10.9 Å². The molecular formula is C17H10Cl3N3O. The zero-order chi connectivity index (χ0) is 17.3. The monoisotopic (exact) mass is 377 g/mol. The molecule has 7 heteroatoms. The van der Waals surface area contributed by atoms with Crippen LogP contribution in [0.5, 0.6) is 0 Å². The van der Waals surface area contributed by atoms with Gasteiger partial charge < -0.3 is 9.88 Å². The highest BCUT2D eigenvalue weighted by atomic mass is 35.5. The molecule has 0 saturated heterocycles. The Balaban J connectivity index is 1.83. The molecule has 1 amide bonds. The molecule has 24 heavy (non-hydrogen) atoms. The van der Waals surface area contributed by atoms with Crippen molar-refractivity contribution in [3.63, 3.8) is 0 Å². The maximum absolute atomic E-state index is 12.3. The number of nitrogens with zero attached hydrogens (tertiary/aromatic N) is 2. The van der Waals surface area contributed by atoms with Crippen LogP contribution in [0.1, 0.15) is 5.56 Å². The van der Waals surface area contributed by atoms with E-state index in [-0.39, 0.29) is 12.5 Å². The van der Waals surface area contributed by atoms with Crippen LogP contribution in [-0.4, -0.2) is 10.5 Å². The Bertz CT molecular complexity index is 989. The fraction of sp³-hybridized carbons (Fsp3) is 0.0588. The second-order valence-electron chi connectivity index (χ2n) is 5.12. The van der Waals surface area contributed by atoms with Gasteiger partial charge in [0.25, 0.3) is 0 Å². The fourth-order valence-corrected chi connectivity index (χ4v) is 2.95. The number of nitrogens with one attached hydrogen (secondary N) is 1. The first-order chi connectivity index (χ1) is 11.5. The number of rotatable bonds is 3. The second kappa shape index (κ2) is 6.74. The first kappa shape index (κ1) is 16.7. The summed E-state index contributed by atoms with van der Waals surface area (Å²) in [5, 5.41) is 13.6. The number of benzene rings is 2. The van der Waals surface area contributed by atoms with E-state index >= 15 is 0 Å². The number of amides is 1. The van der Waals surface area contributed by atoms with E-state index in [1.165, 1.54) is 12.1 Å². The van der Waals surface area contributed by atoms with E-state index in [1.54, 1.807) is 22.9 Å². The number of carbonyl (C=O) groups excluding carboxylic acids is 1. The van der Waals surface area contributed by atoms with Crippen molar-refractivity contribution in [2.75, 3.05) is 5.32 Å². The topological polar surface area (TPSA) is 57.8 Å². The molecule has 2 aromatic carbocycles. The van der Waals surface area contributed by atoms with E-state index in [4.69, 9.17) is 40.1 Å². The van der Waals surface area contributed by atoms with Crippen LogP contribution in [0.25, 0.3) is 10.9 Å². The molecule has 0 aliphatic heterocycles. The highest BCUT2D eigenvalue weighted by molar-refractivity contribution is 6.44. The minimum absolute atomic E-state index is 0.0783. The number of fused-ring (bicyclic) bond motifs is 1. The summed E-state index contributed by atoms with van der Waals surface area (Å²) in [5.41, 5.74) is 1.74. The average Bonchev–Trinajstić information content (AvgIpc) is 2.94. The van der Waals surface area contributed by atoms with Crippen LogP contribution in [-0.2, 0) is 11.3 Å². The van der Waals surface area contributed by atoms with E-state index in [9.17, 15) is 4.79 Å². The van der Waals surface area contributed by atoms with Crippen LogP contribution in [0.2, 0.25) is 15.1 Å². The maximum atomic E-state index is 12.3. The number of hydrogen-bond acceptors (Lipinski definition) is 2. The SMILES string of the molecule is N#Cc1ccc2ccn(CC(=O)Nc3cc(Cl)c(Cl)cc3Cl)c2c1. The summed E-state index contributed by atoms with van der Waals surface area (Å²) in [6.07, 6.45) is 1.79. The molecule has 4 nitrogen and oxygen atoms in total. The van der Waals surface area contributed by atoms with Crippen molar-refractivity contribution >= 4 is 57.3 Å². The summed E-state index contributed by atoms with van der Waals surface area (Å²) < 4.78 is 1.76. The molecule has 0 aliphatic rings. The van der Waals surface area contributed by atoms with Crippen molar-refractivity contribution in [2.24, 2.45) is 0 Å². The van der Waals surface area contributed by atoms with Gasteiger partial charge in [-0.05, 0) is 35.7 Å². The molecule has 3 rings (SSSR count). The lowest BCUT2D eigenvalue weighted by atomic mass is 10.2. The van der Waals surface area contributed by atoms with Crippen molar-refractivity contribution in [3.8, 4) is 6.07 Å². The van der Waals surface area contributed by atoms with Crippen LogP contribution >= 0.6 is 34.8 Å². The van der Waals surface area contributed by atoms with Crippen molar-refractivity contribution in [1.29, 1.82) is 5.26 Å². The number of halogens is 3. The van der Waals surface area contributed by atoms with Crippen LogP contribution in [0.15, 0.2) is 42.6 Å². The number of anilines is 1. The largest absolute Gasteiger partial charge is 0.338 e. The number of aromatic nitrogens is 1. The molecule has 0 atom stereocenters. The van der Waals surface area contributed by atoms with Gasteiger partial charge in [-0.3, -0.25) is 4.79 Å². The van der Waals surface area contributed by atoms with Crippen LogP contribution < -0.4 is 5.32 Å². The lowest BCUT2D eigenvalue weighted by Gasteiger charge is -2.10. The third-order valence-corrected chi connectivity index (χ3v) is 4.54. The van der Waals surface area contributed by atoms with Crippen molar-refractivity contribution in [2.45, 2.75) is 6.54 Å². The van der Waals surface area contributed by atoms with Crippen molar-refractivity contribution in [1.82, 2.24) is 4.57 Å². The van der Waals surface area contributed by atoms with Gasteiger partial charge in [0.2, 0.25) is 5.91 Å². The van der Waals surface area contributed by atoms with Crippen LogP contribution in [0.4, 0.5) is 5.69 Å². The molecule has 3 aromatic rings. The summed E-state index contributed by atoms with van der Waals surface area (Å²) in [5.74, 6) is -0.268. The predicted molar refractivity (Wildman–Crippen MR) is 96.8 cm³/mol. The predicted octanol–water partition coefficient (Wildman–Crippen LogP) is 5.11. The van der Waals surface area contributed by atoms with Gasteiger partial charge in [0.05, 0.1) is 32.4 Å². The van der Waals surface area contributed by atoms with Gasteiger partial charge in [-0.15, -0.1) is 0 Å². The Kier molecular flexibility index (Phi) is 4.68. The van der Waals surface area contributed by atoms with E-state index < -0.39 is 0 Å². The first-order valence-corrected chi connectivity index (χ1v) is 8.04. The Morgan fingerprint density at radius 2 is 1.83 bits per heavy atom. The Morgan fingerprint density at radius 3 is 2.58 bits per heavy atom. The van der Waals surface area contributed by atoms with Gasteiger partial charge in [-0.1, -0.05) is 40.9 Å². The van der Waals surface area contributed by atoms with Gasteiger partial charge in [0.1, 0.15) is 6.54 Å². The summed E-state index contributed by atoms with van der Waals surface area (Å²) in [7, 11) is 0. The third kappa shape index (κ3) is 3.34. The molecule has 0 bridgehead atoms. The van der Waals surface area contributed by atoms with Gasteiger partial charge in [-0.2, -0.15) is 5.26 Å². The lowest BCUT2D eigenvalue weighted by molar-refractivity contribution is -0.116. The van der Waals surface area contributed by atoms with Gasteiger partial charge >= 0.3 is 0 Å². The molecule has 1 N–H and O–H groups in total. The number of nitriles is 1.